The van der Waals surface area contributed by atoms with Gasteiger partial charge < -0.3 is 13.6 Å². The van der Waals surface area contributed by atoms with Crippen LogP contribution in [0.15, 0.2) is 50.0 Å². The zero-order valence-electron chi connectivity index (χ0n) is 10.7. The molecule has 0 amide bonds. The third-order valence-corrected chi connectivity index (χ3v) is 2.94. The van der Waals surface area contributed by atoms with Gasteiger partial charge in [0, 0.05) is 0 Å². The predicted octanol–water partition coefficient (Wildman–Crippen LogP) is 2.02. The average molecular weight is 273 g/mol. The lowest BCUT2D eigenvalue weighted by atomic mass is 10.3. The van der Waals surface area contributed by atoms with Gasteiger partial charge in [-0.25, -0.2) is 9.59 Å². The highest BCUT2D eigenvalue weighted by Crippen LogP contribution is 2.15. The molecule has 0 spiro atoms. The largest absolute Gasteiger partial charge is 0.463 e. The van der Waals surface area contributed by atoms with E-state index in [4.69, 9.17) is 8.83 Å². The number of aromatic nitrogens is 1. The molecule has 0 atom stereocenters. The minimum absolute atomic E-state index is 0.100. The molecule has 3 aromatic rings. The van der Waals surface area contributed by atoms with Crippen molar-refractivity contribution in [2.24, 2.45) is 0 Å². The van der Waals surface area contributed by atoms with Gasteiger partial charge in [0.05, 0.1) is 19.2 Å². The number of esters is 1. The molecule has 0 aliphatic carbocycles. The van der Waals surface area contributed by atoms with Crippen LogP contribution in [0, 0.1) is 0 Å². The van der Waals surface area contributed by atoms with E-state index in [0.717, 1.165) is 0 Å². The normalized spacial score (nSPS) is 10.8. The monoisotopic (exact) mass is 273 g/mol. The zero-order valence-corrected chi connectivity index (χ0v) is 10.7. The van der Waals surface area contributed by atoms with Gasteiger partial charge in [0.1, 0.15) is 5.76 Å². The number of oxazole rings is 1. The number of ether oxygens (including phenoxy) is 1. The molecule has 6 nitrogen and oxygen atoms in total. The van der Waals surface area contributed by atoms with E-state index < -0.39 is 11.7 Å². The summed E-state index contributed by atoms with van der Waals surface area (Å²) in [5, 5.41) is 0. The fourth-order valence-electron chi connectivity index (χ4n) is 1.99. The van der Waals surface area contributed by atoms with E-state index in [0.29, 0.717) is 16.9 Å². The molecular weight excluding hydrogens is 262 g/mol. The van der Waals surface area contributed by atoms with E-state index in [1.165, 1.54) is 17.7 Å². The molecule has 3 rings (SSSR count). The predicted molar refractivity (Wildman–Crippen MR) is 69.6 cm³/mol. The van der Waals surface area contributed by atoms with Gasteiger partial charge in [0.2, 0.25) is 5.76 Å². The maximum absolute atomic E-state index is 11.8. The van der Waals surface area contributed by atoms with Crippen molar-refractivity contribution in [1.82, 2.24) is 4.57 Å². The van der Waals surface area contributed by atoms with Gasteiger partial charge in [-0.2, -0.15) is 0 Å². The fraction of sp³-hybridized carbons (Fsp3) is 0.143. The molecular formula is C14H11NO5. The first kappa shape index (κ1) is 12.3. The molecule has 6 heteroatoms. The maximum atomic E-state index is 11.8. The summed E-state index contributed by atoms with van der Waals surface area (Å²) in [5.74, 6) is -0.453. The highest BCUT2D eigenvalue weighted by Gasteiger charge is 2.14. The summed E-state index contributed by atoms with van der Waals surface area (Å²) in [6.45, 7) is 0.187. The number of hydrogen-bond donors (Lipinski definition) is 0. The second-order valence-corrected chi connectivity index (χ2v) is 4.18. The summed E-state index contributed by atoms with van der Waals surface area (Å²) in [6, 6.07) is 10.2. The van der Waals surface area contributed by atoms with Gasteiger partial charge in [0.25, 0.3) is 0 Å². The third kappa shape index (κ3) is 2.01. The number of carbonyl (C=O) groups excluding carboxylic acids is 1. The lowest BCUT2D eigenvalue weighted by molar-refractivity contribution is 0.0563. The second kappa shape index (κ2) is 4.73. The average Bonchev–Trinajstić information content (AvgIpc) is 3.04. The second-order valence-electron chi connectivity index (χ2n) is 4.18. The summed E-state index contributed by atoms with van der Waals surface area (Å²) in [5.41, 5.74) is 1.19. The molecule has 2 aromatic heterocycles. The summed E-state index contributed by atoms with van der Waals surface area (Å²) in [7, 11) is 1.28. The molecule has 0 bridgehead atoms. The van der Waals surface area contributed by atoms with E-state index >= 15 is 0 Å². The Hall–Kier alpha value is -2.76. The van der Waals surface area contributed by atoms with Gasteiger partial charge >= 0.3 is 11.7 Å². The molecule has 0 N–H and O–H groups in total. The van der Waals surface area contributed by atoms with Crippen molar-refractivity contribution in [3.63, 3.8) is 0 Å². The van der Waals surface area contributed by atoms with Crippen molar-refractivity contribution < 1.29 is 18.4 Å². The van der Waals surface area contributed by atoms with Crippen molar-refractivity contribution in [2.75, 3.05) is 7.11 Å². The van der Waals surface area contributed by atoms with Gasteiger partial charge in [0.15, 0.2) is 5.58 Å². The number of methoxy groups -OCH3 is 1. The van der Waals surface area contributed by atoms with Crippen LogP contribution < -0.4 is 5.76 Å². The summed E-state index contributed by atoms with van der Waals surface area (Å²) in [4.78, 5) is 23.1. The van der Waals surface area contributed by atoms with Crippen molar-refractivity contribution >= 4 is 17.1 Å². The molecule has 1 aromatic carbocycles. The van der Waals surface area contributed by atoms with Crippen molar-refractivity contribution in [1.29, 1.82) is 0 Å². The molecule has 0 aliphatic heterocycles. The van der Waals surface area contributed by atoms with Gasteiger partial charge in [-0.1, -0.05) is 12.1 Å². The highest BCUT2D eigenvalue weighted by molar-refractivity contribution is 5.86. The molecule has 0 saturated carbocycles. The van der Waals surface area contributed by atoms with Crippen LogP contribution in [0.5, 0.6) is 0 Å². The lowest BCUT2D eigenvalue weighted by Gasteiger charge is -1.99. The Bertz CT molecular complexity index is 823. The molecule has 0 unspecified atom stereocenters. The standard InChI is InChI=1S/C14H11NO5/c1-18-13(16)12-7-6-9(19-12)8-15-10-4-2-3-5-11(10)20-14(15)17/h2-7H,8H2,1H3. The smallest absolute Gasteiger partial charge is 0.420 e. The lowest BCUT2D eigenvalue weighted by Crippen LogP contribution is -2.14. The first-order chi connectivity index (χ1) is 9.69. The maximum Gasteiger partial charge on any atom is 0.420 e. The number of carbonyl (C=O) groups is 1. The Kier molecular flexibility index (Phi) is 2.90. The topological polar surface area (TPSA) is 74.6 Å². The fourth-order valence-corrected chi connectivity index (χ4v) is 1.99. The number of hydrogen-bond acceptors (Lipinski definition) is 5. The van der Waals surface area contributed by atoms with Crippen LogP contribution in [0.2, 0.25) is 0 Å². The Morgan fingerprint density at radius 3 is 2.80 bits per heavy atom. The van der Waals surface area contributed by atoms with Crippen molar-refractivity contribution in [3.8, 4) is 0 Å². The minimum atomic E-state index is -0.555. The van der Waals surface area contributed by atoms with E-state index in [-0.39, 0.29) is 12.3 Å². The summed E-state index contributed by atoms with van der Waals surface area (Å²) >= 11 is 0. The number of fused-ring (bicyclic) bond motifs is 1. The molecule has 0 fully saturated rings. The first-order valence-corrected chi connectivity index (χ1v) is 5.94. The molecule has 0 saturated heterocycles. The van der Waals surface area contributed by atoms with Crippen LogP contribution in [0.1, 0.15) is 16.3 Å². The third-order valence-electron chi connectivity index (χ3n) is 2.94. The van der Waals surface area contributed by atoms with Gasteiger partial charge in [-0.05, 0) is 24.3 Å². The molecule has 0 radical (unpaired) electrons. The SMILES string of the molecule is COC(=O)c1ccc(Cn2c(=O)oc3ccccc32)o1. The van der Waals surface area contributed by atoms with Crippen LogP contribution in [0.4, 0.5) is 0 Å². The van der Waals surface area contributed by atoms with Crippen molar-refractivity contribution in [2.45, 2.75) is 6.54 Å². The molecule has 2 heterocycles. The van der Waals surface area contributed by atoms with E-state index in [1.807, 2.05) is 6.07 Å². The van der Waals surface area contributed by atoms with Crippen LogP contribution in [0.3, 0.4) is 0 Å². The molecule has 102 valence electrons. The van der Waals surface area contributed by atoms with Crippen LogP contribution >= 0.6 is 0 Å². The first-order valence-electron chi connectivity index (χ1n) is 5.94. The van der Waals surface area contributed by atoms with Gasteiger partial charge in [-0.3, -0.25) is 4.57 Å². The van der Waals surface area contributed by atoms with Crippen molar-refractivity contribution in [3.05, 3.63) is 58.5 Å². The minimum Gasteiger partial charge on any atom is -0.463 e. The number of nitrogens with zero attached hydrogens (tertiary/aromatic N) is 1. The van der Waals surface area contributed by atoms with E-state index in [9.17, 15) is 9.59 Å². The molecule has 20 heavy (non-hydrogen) atoms. The Labute approximate surface area is 113 Å². The molecule has 0 aliphatic rings. The number of rotatable bonds is 3. The number of para-hydroxylation sites is 2. The van der Waals surface area contributed by atoms with Gasteiger partial charge in [-0.15, -0.1) is 0 Å². The Morgan fingerprint density at radius 2 is 2.00 bits per heavy atom. The van der Waals surface area contributed by atoms with Crippen LogP contribution in [0.25, 0.3) is 11.1 Å². The summed E-state index contributed by atoms with van der Waals surface area (Å²) in [6.07, 6.45) is 0. The Balaban J connectivity index is 1.97. The summed E-state index contributed by atoms with van der Waals surface area (Å²) < 4.78 is 16.5. The number of furan rings is 1. The highest BCUT2D eigenvalue weighted by atomic mass is 16.5. The van der Waals surface area contributed by atoms with E-state index in [2.05, 4.69) is 4.74 Å². The number of benzene rings is 1. The Morgan fingerprint density at radius 1 is 1.20 bits per heavy atom. The zero-order chi connectivity index (χ0) is 14.1. The van der Waals surface area contributed by atoms with Crippen LogP contribution in [-0.2, 0) is 11.3 Å². The van der Waals surface area contributed by atoms with E-state index in [1.54, 1.807) is 24.3 Å². The van der Waals surface area contributed by atoms with Crippen LogP contribution in [-0.4, -0.2) is 17.6 Å². The quantitative estimate of drug-likeness (QED) is 0.682.